The Labute approximate surface area is 124 Å². The van der Waals surface area contributed by atoms with Crippen molar-refractivity contribution in [3.63, 3.8) is 0 Å². The van der Waals surface area contributed by atoms with Crippen LogP contribution in [-0.2, 0) is 0 Å². The minimum atomic E-state index is -0.322. The quantitative estimate of drug-likeness (QED) is 0.845. The molecule has 0 fully saturated rings. The maximum absolute atomic E-state index is 11.5. The normalized spacial score (nSPS) is 12.3. The Morgan fingerprint density at radius 3 is 1.48 bits per heavy atom. The van der Waals surface area contributed by atoms with Crippen LogP contribution in [0, 0.1) is 0 Å². The summed E-state index contributed by atoms with van der Waals surface area (Å²) in [5, 5.41) is 0. The van der Waals surface area contributed by atoms with Crippen LogP contribution in [0.25, 0.3) is 0 Å². The molecule has 7 heteroatoms. The van der Waals surface area contributed by atoms with Gasteiger partial charge in [-0.3, -0.25) is 0 Å². The fourth-order valence-electron chi connectivity index (χ4n) is 1.42. The molecule has 0 aromatic carbocycles. The average molecular weight is 291 g/mol. The molecule has 4 amide bonds. The molecule has 0 aliphatic heterocycles. The van der Waals surface area contributed by atoms with Crippen molar-refractivity contribution in [2.24, 2.45) is 9.98 Å². The topological polar surface area (TPSA) is 81.1 Å². The summed E-state index contributed by atoms with van der Waals surface area (Å²) >= 11 is 0. The van der Waals surface area contributed by atoms with Crippen molar-refractivity contribution in [3.8, 4) is 0 Å². The predicted octanol–water partition coefficient (Wildman–Crippen LogP) is 2.00. The van der Waals surface area contributed by atoms with Gasteiger partial charge >= 0.3 is 12.1 Å². The van der Waals surface area contributed by atoms with Crippen LogP contribution in [0.1, 0.15) is 25.2 Å². The summed E-state index contributed by atoms with van der Waals surface area (Å²) in [7, 11) is 6.57. The van der Waals surface area contributed by atoms with Crippen LogP contribution in [0.2, 0.25) is 0 Å². The molecule has 1 heterocycles. The van der Waals surface area contributed by atoms with Gasteiger partial charge in [0.2, 0.25) is 0 Å². The second kappa shape index (κ2) is 6.83. The smallest absolute Gasteiger partial charge is 0.343 e. The first kappa shape index (κ1) is 16.6. The third-order valence-electron chi connectivity index (χ3n) is 2.76. The van der Waals surface area contributed by atoms with Crippen LogP contribution in [0.3, 0.4) is 0 Å². The largest absolute Gasteiger partial charge is 0.353 e. The lowest BCUT2D eigenvalue weighted by Crippen LogP contribution is -2.19. The number of nitrogens with one attached hydrogen (secondary N) is 1. The number of hydrogen-bond donors (Lipinski definition) is 1. The Kier molecular flexibility index (Phi) is 5.40. The molecule has 7 nitrogen and oxygen atoms in total. The molecule has 0 aliphatic rings. The van der Waals surface area contributed by atoms with Gasteiger partial charge in [0.15, 0.2) is 0 Å². The second-order valence-electron chi connectivity index (χ2n) is 5.03. The van der Waals surface area contributed by atoms with Gasteiger partial charge in [-0.15, -0.1) is 0 Å². The van der Waals surface area contributed by atoms with Gasteiger partial charge in [0, 0.05) is 28.2 Å². The Balaban J connectivity index is 2.96. The molecule has 0 saturated heterocycles. The lowest BCUT2D eigenvalue weighted by Gasteiger charge is -2.06. The van der Waals surface area contributed by atoms with Crippen LogP contribution < -0.4 is 0 Å². The van der Waals surface area contributed by atoms with Crippen molar-refractivity contribution in [1.29, 1.82) is 0 Å². The van der Waals surface area contributed by atoms with Crippen LogP contribution in [-0.4, -0.2) is 66.5 Å². The number of nitrogens with zero attached hydrogens (tertiary/aromatic N) is 4. The summed E-state index contributed by atoms with van der Waals surface area (Å²) in [4.78, 5) is 36.9. The van der Waals surface area contributed by atoms with Crippen molar-refractivity contribution in [3.05, 3.63) is 23.5 Å². The molecule has 0 atom stereocenters. The zero-order chi connectivity index (χ0) is 16.2. The molecule has 0 saturated carbocycles. The zero-order valence-corrected chi connectivity index (χ0v) is 13.3. The highest BCUT2D eigenvalue weighted by Crippen LogP contribution is 2.06. The molecule has 1 rings (SSSR count). The van der Waals surface area contributed by atoms with Gasteiger partial charge in [-0.25, -0.2) is 9.59 Å². The number of urea groups is 2. The van der Waals surface area contributed by atoms with Gasteiger partial charge in [-0.05, 0) is 26.0 Å². The lowest BCUT2D eigenvalue weighted by molar-refractivity contribution is 0.226. The van der Waals surface area contributed by atoms with E-state index in [1.54, 1.807) is 54.2 Å². The van der Waals surface area contributed by atoms with Gasteiger partial charge in [0.05, 0.1) is 22.8 Å². The third-order valence-corrected chi connectivity index (χ3v) is 2.76. The van der Waals surface area contributed by atoms with E-state index < -0.39 is 0 Å². The van der Waals surface area contributed by atoms with E-state index in [9.17, 15) is 9.59 Å². The first-order valence-electron chi connectivity index (χ1n) is 6.45. The first-order chi connectivity index (χ1) is 9.72. The summed E-state index contributed by atoms with van der Waals surface area (Å²) in [6.45, 7) is 3.49. The second-order valence-corrected chi connectivity index (χ2v) is 5.03. The van der Waals surface area contributed by atoms with Crippen molar-refractivity contribution >= 4 is 23.5 Å². The van der Waals surface area contributed by atoms with Gasteiger partial charge < -0.3 is 14.8 Å². The number of amides is 4. The Bertz CT molecular complexity index is 546. The summed E-state index contributed by atoms with van der Waals surface area (Å²) in [5.41, 5.74) is 2.58. The number of carbonyl (C=O) groups excluding carboxylic acids is 2. The average Bonchev–Trinajstić information content (AvgIpc) is 2.87. The van der Waals surface area contributed by atoms with E-state index in [1.807, 2.05) is 0 Å². The molecule has 0 bridgehead atoms. The maximum atomic E-state index is 11.5. The van der Waals surface area contributed by atoms with E-state index in [0.29, 0.717) is 22.8 Å². The molecule has 114 valence electrons. The van der Waals surface area contributed by atoms with E-state index in [2.05, 4.69) is 15.0 Å². The third kappa shape index (κ3) is 4.55. The van der Waals surface area contributed by atoms with Gasteiger partial charge in [0.1, 0.15) is 0 Å². The number of H-pyrrole nitrogens is 1. The molecule has 1 aromatic heterocycles. The van der Waals surface area contributed by atoms with E-state index in [0.717, 1.165) is 0 Å². The maximum Gasteiger partial charge on any atom is 0.343 e. The highest BCUT2D eigenvalue weighted by Gasteiger charge is 2.09. The number of aliphatic imine (C=N–C) groups is 2. The minimum absolute atomic E-state index is 0.322. The molecule has 21 heavy (non-hydrogen) atoms. The first-order valence-corrected chi connectivity index (χ1v) is 6.45. The van der Waals surface area contributed by atoms with E-state index in [-0.39, 0.29) is 12.1 Å². The molecule has 1 N–H and O–H groups in total. The van der Waals surface area contributed by atoms with E-state index >= 15 is 0 Å². The highest BCUT2D eigenvalue weighted by atomic mass is 16.2. The summed E-state index contributed by atoms with van der Waals surface area (Å²) < 4.78 is 0. The molecule has 0 unspecified atom stereocenters. The van der Waals surface area contributed by atoms with Crippen LogP contribution in [0.15, 0.2) is 22.1 Å². The number of aromatic nitrogens is 1. The minimum Gasteiger partial charge on any atom is -0.353 e. The number of aromatic amines is 1. The van der Waals surface area contributed by atoms with Gasteiger partial charge in [0.25, 0.3) is 0 Å². The van der Waals surface area contributed by atoms with Crippen molar-refractivity contribution in [2.45, 2.75) is 13.8 Å². The fourth-order valence-corrected chi connectivity index (χ4v) is 1.42. The number of rotatable bonds is 2. The van der Waals surface area contributed by atoms with Crippen molar-refractivity contribution < 1.29 is 9.59 Å². The van der Waals surface area contributed by atoms with Crippen molar-refractivity contribution in [2.75, 3.05) is 28.2 Å². The fraction of sp³-hybridized carbons (Fsp3) is 0.429. The van der Waals surface area contributed by atoms with Gasteiger partial charge in [-0.2, -0.15) is 9.98 Å². The van der Waals surface area contributed by atoms with E-state index in [4.69, 9.17) is 0 Å². The molecule has 1 aromatic rings. The van der Waals surface area contributed by atoms with Gasteiger partial charge in [-0.1, -0.05) is 0 Å². The molecular formula is C14H21N5O2. The summed E-state index contributed by atoms with van der Waals surface area (Å²) in [5.74, 6) is 0. The monoisotopic (exact) mass is 291 g/mol. The standard InChI is InChI=1S/C14H21N5O2/c1-9(15-13(20)18(3)4)11-7-8-12(17-11)10(2)16-14(21)19(5)6/h7-8,17H,1-6H3. The SMILES string of the molecule is CC(=NC(=O)N(C)C)c1ccc(C(C)=NC(=O)N(C)C)[nH]1. The Morgan fingerprint density at radius 2 is 1.19 bits per heavy atom. The molecule has 0 radical (unpaired) electrons. The highest BCUT2D eigenvalue weighted by molar-refractivity contribution is 6.07. The lowest BCUT2D eigenvalue weighted by atomic mass is 10.3. The van der Waals surface area contributed by atoms with Crippen LogP contribution in [0.4, 0.5) is 9.59 Å². The number of hydrogen-bond acceptors (Lipinski definition) is 2. The predicted molar refractivity (Wildman–Crippen MR) is 83.4 cm³/mol. The van der Waals surface area contributed by atoms with E-state index in [1.165, 1.54) is 9.80 Å². The Hall–Kier alpha value is -2.44. The summed E-state index contributed by atoms with van der Waals surface area (Å²) in [6, 6.07) is 2.96. The molecule has 0 spiro atoms. The summed E-state index contributed by atoms with van der Waals surface area (Å²) in [6.07, 6.45) is 0. The van der Waals surface area contributed by atoms with Crippen LogP contribution in [0.5, 0.6) is 0 Å². The van der Waals surface area contributed by atoms with Crippen LogP contribution >= 0.6 is 0 Å². The molecule has 0 aliphatic carbocycles. The zero-order valence-electron chi connectivity index (χ0n) is 13.3. The molecular weight excluding hydrogens is 270 g/mol. The number of carbonyl (C=O) groups is 2. The van der Waals surface area contributed by atoms with Crippen molar-refractivity contribution in [1.82, 2.24) is 14.8 Å². The Morgan fingerprint density at radius 1 is 0.857 bits per heavy atom.